The average molecular weight is 295 g/mol. The lowest BCUT2D eigenvalue weighted by molar-refractivity contribution is -0.136. The van der Waals surface area contributed by atoms with Gasteiger partial charge in [-0.15, -0.1) is 0 Å². The maximum Gasteiger partial charge on any atom is 0.307 e. The Bertz CT molecular complexity index is 800. The highest BCUT2D eigenvalue weighted by Gasteiger charge is 2.12. The molecule has 0 saturated heterocycles. The second kappa shape index (κ2) is 5.73. The lowest BCUT2D eigenvalue weighted by Crippen LogP contribution is -2.10. The van der Waals surface area contributed by atoms with E-state index >= 15 is 0 Å². The van der Waals surface area contributed by atoms with Crippen LogP contribution in [-0.2, 0) is 11.2 Å². The number of hydrogen-bond acceptors (Lipinski definition) is 3. The van der Waals surface area contributed by atoms with Crippen molar-refractivity contribution in [2.45, 2.75) is 6.42 Å². The molecule has 0 aliphatic carbocycles. The zero-order chi connectivity index (χ0) is 15.5. The van der Waals surface area contributed by atoms with Crippen LogP contribution < -0.4 is 5.32 Å². The first-order chi connectivity index (χ1) is 10.6. The number of amides is 1. The smallest absolute Gasteiger partial charge is 0.307 e. The minimum Gasteiger partial charge on any atom is -0.481 e. The van der Waals surface area contributed by atoms with E-state index in [4.69, 9.17) is 9.52 Å². The molecule has 0 bridgehead atoms. The number of furan rings is 1. The molecule has 3 aromatic rings. The molecule has 110 valence electrons. The Kier molecular flexibility index (Phi) is 3.62. The summed E-state index contributed by atoms with van der Waals surface area (Å²) in [7, 11) is 0. The SMILES string of the molecule is O=C(O)Cc1ccc(NC(=O)c2cc3ccccc3o2)cc1. The van der Waals surface area contributed by atoms with Crippen LogP contribution in [0, 0.1) is 0 Å². The predicted molar refractivity (Wildman–Crippen MR) is 81.9 cm³/mol. The van der Waals surface area contributed by atoms with Gasteiger partial charge < -0.3 is 14.8 Å². The fourth-order valence-electron chi connectivity index (χ4n) is 2.17. The first-order valence-corrected chi connectivity index (χ1v) is 6.72. The Morgan fingerprint density at radius 1 is 1.05 bits per heavy atom. The number of benzene rings is 2. The fraction of sp³-hybridized carbons (Fsp3) is 0.0588. The lowest BCUT2D eigenvalue weighted by Gasteiger charge is -2.04. The lowest BCUT2D eigenvalue weighted by atomic mass is 10.1. The Hall–Kier alpha value is -3.08. The van der Waals surface area contributed by atoms with E-state index in [1.165, 1.54) is 0 Å². The number of carboxylic acids is 1. The van der Waals surface area contributed by atoms with Gasteiger partial charge in [-0.1, -0.05) is 30.3 Å². The maximum absolute atomic E-state index is 12.1. The second-order valence-electron chi connectivity index (χ2n) is 4.87. The van der Waals surface area contributed by atoms with Crippen molar-refractivity contribution in [1.82, 2.24) is 0 Å². The second-order valence-corrected chi connectivity index (χ2v) is 4.87. The van der Waals surface area contributed by atoms with E-state index in [0.29, 0.717) is 16.8 Å². The zero-order valence-electron chi connectivity index (χ0n) is 11.6. The molecule has 1 aromatic heterocycles. The molecule has 5 heteroatoms. The molecule has 22 heavy (non-hydrogen) atoms. The zero-order valence-corrected chi connectivity index (χ0v) is 11.6. The van der Waals surface area contributed by atoms with Gasteiger partial charge in [0.1, 0.15) is 5.58 Å². The summed E-state index contributed by atoms with van der Waals surface area (Å²) in [5, 5.41) is 12.3. The van der Waals surface area contributed by atoms with Crippen molar-refractivity contribution in [3.8, 4) is 0 Å². The van der Waals surface area contributed by atoms with Crippen molar-refractivity contribution >= 4 is 28.5 Å². The number of para-hydroxylation sites is 1. The van der Waals surface area contributed by atoms with Gasteiger partial charge in [0.15, 0.2) is 5.76 Å². The molecule has 2 aromatic carbocycles. The maximum atomic E-state index is 12.1. The summed E-state index contributed by atoms with van der Waals surface area (Å²) in [5.41, 5.74) is 1.92. The highest BCUT2D eigenvalue weighted by atomic mass is 16.4. The van der Waals surface area contributed by atoms with Gasteiger partial charge in [-0.3, -0.25) is 9.59 Å². The molecule has 0 spiro atoms. The molecule has 2 N–H and O–H groups in total. The summed E-state index contributed by atoms with van der Waals surface area (Å²) in [6.45, 7) is 0. The molecule has 3 rings (SSSR count). The van der Waals surface area contributed by atoms with Gasteiger partial charge >= 0.3 is 5.97 Å². The van der Waals surface area contributed by atoms with Crippen LogP contribution in [0.4, 0.5) is 5.69 Å². The number of carboxylic acid groups (broad SMARTS) is 1. The van der Waals surface area contributed by atoms with Crippen molar-refractivity contribution in [1.29, 1.82) is 0 Å². The van der Waals surface area contributed by atoms with Gasteiger partial charge in [0, 0.05) is 11.1 Å². The van der Waals surface area contributed by atoms with Crippen LogP contribution in [-0.4, -0.2) is 17.0 Å². The third-order valence-electron chi connectivity index (χ3n) is 3.22. The van der Waals surface area contributed by atoms with Crippen molar-refractivity contribution in [3.63, 3.8) is 0 Å². The van der Waals surface area contributed by atoms with E-state index < -0.39 is 5.97 Å². The van der Waals surface area contributed by atoms with Crippen LogP contribution in [0.1, 0.15) is 16.1 Å². The van der Waals surface area contributed by atoms with E-state index in [1.807, 2.05) is 18.2 Å². The van der Waals surface area contributed by atoms with E-state index in [-0.39, 0.29) is 18.1 Å². The minimum absolute atomic E-state index is 0.0438. The Morgan fingerprint density at radius 3 is 2.45 bits per heavy atom. The molecule has 1 heterocycles. The summed E-state index contributed by atoms with van der Waals surface area (Å²) in [5.74, 6) is -1.00. The summed E-state index contributed by atoms with van der Waals surface area (Å²) < 4.78 is 5.49. The van der Waals surface area contributed by atoms with Gasteiger partial charge in [0.25, 0.3) is 5.91 Å². The van der Waals surface area contributed by atoms with E-state index in [1.54, 1.807) is 36.4 Å². The largest absolute Gasteiger partial charge is 0.481 e. The standard InChI is InChI=1S/C17H13NO4/c19-16(20)9-11-5-7-13(8-6-11)18-17(21)15-10-12-3-1-2-4-14(12)22-15/h1-8,10H,9H2,(H,18,21)(H,19,20). The Labute approximate surface area is 126 Å². The number of aliphatic carboxylic acids is 1. The van der Waals surface area contributed by atoms with Gasteiger partial charge in [-0.25, -0.2) is 0 Å². The summed E-state index contributed by atoms with van der Waals surface area (Å²) in [6.07, 6.45) is -0.0438. The number of carbonyl (C=O) groups is 2. The Morgan fingerprint density at radius 2 is 1.77 bits per heavy atom. The molecule has 0 fully saturated rings. The van der Waals surface area contributed by atoms with Crippen molar-refractivity contribution in [3.05, 3.63) is 65.9 Å². The highest BCUT2D eigenvalue weighted by Crippen LogP contribution is 2.20. The first-order valence-electron chi connectivity index (χ1n) is 6.72. The van der Waals surface area contributed by atoms with Crippen molar-refractivity contribution in [2.24, 2.45) is 0 Å². The van der Waals surface area contributed by atoms with E-state index in [0.717, 1.165) is 5.39 Å². The molecular weight excluding hydrogens is 282 g/mol. The average Bonchev–Trinajstić information content (AvgIpc) is 2.93. The predicted octanol–water partition coefficient (Wildman–Crippen LogP) is 3.31. The van der Waals surface area contributed by atoms with Crippen molar-refractivity contribution < 1.29 is 19.1 Å². The topological polar surface area (TPSA) is 79.5 Å². The van der Waals surface area contributed by atoms with Gasteiger partial charge in [0.2, 0.25) is 0 Å². The van der Waals surface area contributed by atoms with Crippen LogP contribution in [0.2, 0.25) is 0 Å². The van der Waals surface area contributed by atoms with Gasteiger partial charge in [0.05, 0.1) is 6.42 Å². The third-order valence-corrected chi connectivity index (χ3v) is 3.22. The molecule has 5 nitrogen and oxygen atoms in total. The number of hydrogen-bond donors (Lipinski definition) is 2. The van der Waals surface area contributed by atoms with Gasteiger partial charge in [-0.05, 0) is 29.8 Å². The number of nitrogens with one attached hydrogen (secondary N) is 1. The fourth-order valence-corrected chi connectivity index (χ4v) is 2.17. The molecular formula is C17H13NO4. The Balaban J connectivity index is 1.74. The first kappa shape index (κ1) is 13.9. The monoisotopic (exact) mass is 295 g/mol. The molecule has 1 amide bonds. The molecule has 0 radical (unpaired) electrons. The molecule has 0 aliphatic rings. The molecule has 0 unspecified atom stereocenters. The van der Waals surface area contributed by atoms with Crippen LogP contribution in [0.3, 0.4) is 0 Å². The number of rotatable bonds is 4. The quantitative estimate of drug-likeness (QED) is 0.774. The number of carbonyl (C=O) groups excluding carboxylic acids is 1. The normalized spacial score (nSPS) is 10.5. The van der Waals surface area contributed by atoms with E-state index in [9.17, 15) is 9.59 Å². The molecule has 0 atom stereocenters. The van der Waals surface area contributed by atoms with Crippen LogP contribution in [0.25, 0.3) is 11.0 Å². The van der Waals surface area contributed by atoms with Crippen LogP contribution in [0.5, 0.6) is 0 Å². The molecule has 0 saturated carbocycles. The van der Waals surface area contributed by atoms with Gasteiger partial charge in [-0.2, -0.15) is 0 Å². The summed E-state index contributed by atoms with van der Waals surface area (Å²) >= 11 is 0. The van der Waals surface area contributed by atoms with Crippen molar-refractivity contribution in [2.75, 3.05) is 5.32 Å². The van der Waals surface area contributed by atoms with Crippen LogP contribution >= 0.6 is 0 Å². The highest BCUT2D eigenvalue weighted by molar-refractivity contribution is 6.04. The minimum atomic E-state index is -0.890. The van der Waals surface area contributed by atoms with E-state index in [2.05, 4.69) is 5.32 Å². The van der Waals surface area contributed by atoms with Crippen LogP contribution in [0.15, 0.2) is 59.0 Å². The number of fused-ring (bicyclic) bond motifs is 1. The third kappa shape index (κ3) is 2.98. The molecule has 0 aliphatic heterocycles. The number of anilines is 1. The summed E-state index contributed by atoms with van der Waals surface area (Å²) in [4.78, 5) is 22.8. The summed E-state index contributed by atoms with van der Waals surface area (Å²) in [6, 6.07) is 15.7.